The predicted molar refractivity (Wildman–Crippen MR) is 64.0 cm³/mol. The summed E-state index contributed by atoms with van der Waals surface area (Å²) < 4.78 is 5.45. The normalized spacial score (nSPS) is 23.3. The van der Waals surface area contributed by atoms with Crippen molar-refractivity contribution >= 4 is 5.78 Å². The number of carbonyl (C=O) groups is 1. The summed E-state index contributed by atoms with van der Waals surface area (Å²) in [5.74, 6) is 1.53. The van der Waals surface area contributed by atoms with Crippen LogP contribution in [-0.4, -0.2) is 12.4 Å². The van der Waals surface area contributed by atoms with E-state index in [-0.39, 0.29) is 11.2 Å². The van der Waals surface area contributed by atoms with E-state index in [0.717, 1.165) is 25.7 Å². The Morgan fingerprint density at radius 2 is 2.12 bits per heavy atom. The lowest BCUT2D eigenvalue weighted by Gasteiger charge is -2.29. The Labute approximate surface area is 98.1 Å². The van der Waals surface area contributed by atoms with Gasteiger partial charge in [0.05, 0.1) is 6.61 Å². The molecule has 0 atom stereocenters. The standard InChI is InChI=1S/C14H22O2/c1-11(2)10-14(7-3-4-8-14)13(15)12-6-5-9-16-12/h6,11H,3-5,7-10H2,1-2H3. The molecule has 0 aromatic heterocycles. The summed E-state index contributed by atoms with van der Waals surface area (Å²) >= 11 is 0. The van der Waals surface area contributed by atoms with E-state index in [4.69, 9.17) is 4.74 Å². The minimum absolute atomic E-state index is 0.0929. The van der Waals surface area contributed by atoms with Crippen LogP contribution in [0.2, 0.25) is 0 Å². The van der Waals surface area contributed by atoms with Gasteiger partial charge in [0, 0.05) is 11.8 Å². The molecule has 0 radical (unpaired) electrons. The highest BCUT2D eigenvalue weighted by molar-refractivity contribution is 5.98. The van der Waals surface area contributed by atoms with Gasteiger partial charge in [0.1, 0.15) is 0 Å². The van der Waals surface area contributed by atoms with Crippen LogP contribution in [0.15, 0.2) is 11.8 Å². The number of ether oxygens (including phenoxy) is 1. The zero-order chi connectivity index (χ0) is 11.6. The minimum Gasteiger partial charge on any atom is -0.490 e. The lowest BCUT2D eigenvalue weighted by Crippen LogP contribution is -2.31. The molecule has 1 aliphatic carbocycles. The maximum Gasteiger partial charge on any atom is 0.203 e. The zero-order valence-electron chi connectivity index (χ0n) is 10.4. The summed E-state index contributed by atoms with van der Waals surface area (Å²) in [6.45, 7) is 5.10. The third kappa shape index (κ3) is 2.16. The zero-order valence-corrected chi connectivity index (χ0v) is 10.4. The molecule has 0 amide bonds. The molecule has 0 bridgehead atoms. The van der Waals surface area contributed by atoms with E-state index in [2.05, 4.69) is 13.8 Å². The van der Waals surface area contributed by atoms with E-state index < -0.39 is 0 Å². The molecule has 1 heterocycles. The summed E-state index contributed by atoms with van der Waals surface area (Å²) in [6.07, 6.45) is 8.42. The molecule has 1 aliphatic heterocycles. The summed E-state index contributed by atoms with van der Waals surface area (Å²) in [4.78, 5) is 12.5. The first kappa shape index (κ1) is 11.7. The van der Waals surface area contributed by atoms with E-state index in [1.807, 2.05) is 6.08 Å². The average molecular weight is 222 g/mol. The van der Waals surface area contributed by atoms with Gasteiger partial charge in [-0.15, -0.1) is 0 Å². The number of hydrogen-bond acceptors (Lipinski definition) is 2. The number of allylic oxidation sites excluding steroid dienone is 1. The third-order valence-corrected chi connectivity index (χ3v) is 3.77. The average Bonchev–Trinajstić information content (AvgIpc) is 2.85. The Hall–Kier alpha value is -0.790. The first-order valence-corrected chi connectivity index (χ1v) is 6.52. The van der Waals surface area contributed by atoms with Crippen LogP contribution < -0.4 is 0 Å². The van der Waals surface area contributed by atoms with Crippen LogP contribution in [0.25, 0.3) is 0 Å². The number of carbonyl (C=O) groups excluding carboxylic acids is 1. The van der Waals surface area contributed by atoms with E-state index in [1.165, 1.54) is 12.8 Å². The second-order valence-electron chi connectivity index (χ2n) is 5.62. The molecule has 2 aliphatic rings. The van der Waals surface area contributed by atoms with E-state index in [1.54, 1.807) is 0 Å². The van der Waals surface area contributed by atoms with Crippen molar-refractivity contribution in [1.29, 1.82) is 0 Å². The summed E-state index contributed by atoms with van der Waals surface area (Å²) in [5.41, 5.74) is -0.0929. The van der Waals surface area contributed by atoms with Crippen LogP contribution in [-0.2, 0) is 9.53 Å². The van der Waals surface area contributed by atoms with Crippen LogP contribution in [0.1, 0.15) is 52.4 Å². The van der Waals surface area contributed by atoms with Crippen LogP contribution in [0, 0.1) is 11.3 Å². The smallest absolute Gasteiger partial charge is 0.203 e. The predicted octanol–water partition coefficient (Wildman–Crippen LogP) is 3.47. The van der Waals surface area contributed by atoms with Gasteiger partial charge in [-0.2, -0.15) is 0 Å². The minimum atomic E-state index is -0.0929. The van der Waals surface area contributed by atoms with E-state index in [0.29, 0.717) is 18.3 Å². The van der Waals surface area contributed by atoms with Crippen molar-refractivity contribution in [2.24, 2.45) is 11.3 Å². The molecule has 90 valence electrons. The number of rotatable bonds is 4. The number of hydrogen-bond donors (Lipinski definition) is 0. The molecular weight excluding hydrogens is 200 g/mol. The van der Waals surface area contributed by atoms with E-state index >= 15 is 0 Å². The van der Waals surface area contributed by atoms with Crippen LogP contribution in [0.4, 0.5) is 0 Å². The fraction of sp³-hybridized carbons (Fsp3) is 0.786. The van der Waals surface area contributed by atoms with Crippen LogP contribution in [0.5, 0.6) is 0 Å². The molecule has 0 aromatic carbocycles. The number of ketones is 1. The molecule has 1 saturated carbocycles. The first-order valence-electron chi connectivity index (χ1n) is 6.52. The van der Waals surface area contributed by atoms with Gasteiger partial charge in [0.25, 0.3) is 0 Å². The Balaban J connectivity index is 2.15. The highest BCUT2D eigenvalue weighted by atomic mass is 16.5. The van der Waals surface area contributed by atoms with E-state index in [9.17, 15) is 4.79 Å². The summed E-state index contributed by atoms with van der Waals surface area (Å²) in [6, 6.07) is 0. The largest absolute Gasteiger partial charge is 0.490 e. The van der Waals surface area contributed by atoms with Gasteiger partial charge >= 0.3 is 0 Å². The topological polar surface area (TPSA) is 26.3 Å². The maximum atomic E-state index is 12.5. The van der Waals surface area contributed by atoms with Gasteiger partial charge in [-0.3, -0.25) is 4.79 Å². The molecule has 0 aromatic rings. The summed E-state index contributed by atoms with van der Waals surface area (Å²) in [5, 5.41) is 0. The molecule has 0 spiro atoms. The maximum absolute atomic E-state index is 12.5. The SMILES string of the molecule is CC(C)CC1(C(=O)C2=CCCO2)CCCC1. The highest BCUT2D eigenvalue weighted by Crippen LogP contribution is 2.45. The lowest BCUT2D eigenvalue weighted by molar-refractivity contribution is -0.128. The molecule has 2 rings (SSSR count). The quantitative estimate of drug-likeness (QED) is 0.728. The molecule has 2 nitrogen and oxygen atoms in total. The van der Waals surface area contributed by atoms with Gasteiger partial charge in [0.2, 0.25) is 5.78 Å². The van der Waals surface area contributed by atoms with Gasteiger partial charge in [-0.05, 0) is 31.3 Å². The Kier molecular flexibility index (Phi) is 3.36. The monoisotopic (exact) mass is 222 g/mol. The first-order chi connectivity index (χ1) is 7.64. The molecule has 0 N–H and O–H groups in total. The van der Waals surface area contributed by atoms with Crippen molar-refractivity contribution in [2.75, 3.05) is 6.61 Å². The molecule has 1 fully saturated rings. The second-order valence-corrected chi connectivity index (χ2v) is 5.62. The molecule has 2 heteroatoms. The molecular formula is C14H22O2. The fourth-order valence-electron chi connectivity index (χ4n) is 3.19. The number of Topliss-reactive ketones (excluding diaryl/α,β-unsaturated/α-hetero) is 1. The van der Waals surface area contributed by atoms with Gasteiger partial charge in [-0.1, -0.05) is 26.7 Å². The van der Waals surface area contributed by atoms with Gasteiger partial charge in [-0.25, -0.2) is 0 Å². The fourth-order valence-corrected chi connectivity index (χ4v) is 3.19. The molecule has 16 heavy (non-hydrogen) atoms. The van der Waals surface area contributed by atoms with Gasteiger partial charge < -0.3 is 4.74 Å². The second kappa shape index (κ2) is 4.60. The Morgan fingerprint density at radius 3 is 2.62 bits per heavy atom. The highest BCUT2D eigenvalue weighted by Gasteiger charge is 2.43. The van der Waals surface area contributed by atoms with Crippen LogP contribution in [0.3, 0.4) is 0 Å². The van der Waals surface area contributed by atoms with Crippen molar-refractivity contribution in [3.8, 4) is 0 Å². The Morgan fingerprint density at radius 1 is 1.44 bits per heavy atom. The van der Waals surface area contributed by atoms with Crippen molar-refractivity contribution in [2.45, 2.75) is 52.4 Å². The van der Waals surface area contributed by atoms with Gasteiger partial charge in [0.15, 0.2) is 5.76 Å². The third-order valence-electron chi connectivity index (χ3n) is 3.77. The molecule has 0 saturated heterocycles. The van der Waals surface area contributed by atoms with Crippen LogP contribution >= 0.6 is 0 Å². The lowest BCUT2D eigenvalue weighted by atomic mass is 9.74. The van der Waals surface area contributed by atoms with Crippen molar-refractivity contribution in [3.63, 3.8) is 0 Å². The molecule has 0 unspecified atom stereocenters. The summed E-state index contributed by atoms with van der Waals surface area (Å²) in [7, 11) is 0. The van der Waals surface area contributed by atoms with Crippen molar-refractivity contribution in [3.05, 3.63) is 11.8 Å². The van der Waals surface area contributed by atoms with Crippen molar-refractivity contribution in [1.82, 2.24) is 0 Å². The van der Waals surface area contributed by atoms with Crippen molar-refractivity contribution < 1.29 is 9.53 Å². The Bertz CT molecular complexity index is 296.